The molecule has 96 valence electrons. The number of aryl methyl sites for hydroxylation is 1. The number of aromatic nitrogens is 4. The molecule has 6 heteroatoms. The van der Waals surface area contributed by atoms with E-state index in [1.54, 1.807) is 23.4 Å². The van der Waals surface area contributed by atoms with Gasteiger partial charge in [-0.3, -0.25) is 9.67 Å². The maximum atomic E-state index is 5.94. The van der Waals surface area contributed by atoms with Crippen LogP contribution in [0.3, 0.4) is 0 Å². The molecule has 19 heavy (non-hydrogen) atoms. The molecule has 3 rings (SSSR count). The average Bonchev–Trinajstić information content (AvgIpc) is 2.84. The van der Waals surface area contributed by atoms with Crippen LogP contribution in [0.2, 0.25) is 0 Å². The number of nitrogens with zero attached hydrogens (tertiary/aromatic N) is 4. The molecule has 0 amide bonds. The van der Waals surface area contributed by atoms with Gasteiger partial charge in [-0.15, -0.1) is 0 Å². The number of nitrogens with one attached hydrogen (secondary N) is 1. The molecule has 0 unspecified atom stereocenters. The summed E-state index contributed by atoms with van der Waals surface area (Å²) in [5.41, 5.74) is 7.67. The maximum absolute atomic E-state index is 5.94. The van der Waals surface area contributed by atoms with Crippen LogP contribution in [0.1, 0.15) is 5.82 Å². The summed E-state index contributed by atoms with van der Waals surface area (Å²) in [7, 11) is 1.85. The molecule has 0 aliphatic heterocycles. The normalized spacial score (nSPS) is 10.8. The molecule has 0 spiro atoms. The molecule has 0 aliphatic carbocycles. The van der Waals surface area contributed by atoms with E-state index in [1.807, 2.05) is 25.2 Å². The summed E-state index contributed by atoms with van der Waals surface area (Å²) in [5, 5.41) is 9.55. The Labute approximate surface area is 110 Å². The van der Waals surface area contributed by atoms with E-state index in [1.165, 1.54) is 0 Å². The first-order valence-electron chi connectivity index (χ1n) is 5.94. The molecule has 0 atom stereocenters. The molecule has 6 nitrogen and oxygen atoms in total. The predicted molar refractivity (Wildman–Crippen MR) is 74.5 cm³/mol. The number of pyridine rings is 1. The Morgan fingerprint density at radius 3 is 2.95 bits per heavy atom. The first kappa shape index (κ1) is 11.5. The van der Waals surface area contributed by atoms with Gasteiger partial charge in [0, 0.05) is 41.6 Å². The monoisotopic (exact) mass is 254 g/mol. The molecule has 0 saturated heterocycles. The van der Waals surface area contributed by atoms with Crippen molar-refractivity contribution in [2.24, 2.45) is 7.05 Å². The Morgan fingerprint density at radius 1 is 1.26 bits per heavy atom. The fourth-order valence-corrected chi connectivity index (χ4v) is 2.01. The second kappa shape index (κ2) is 4.56. The summed E-state index contributed by atoms with van der Waals surface area (Å²) in [6.45, 7) is 0.572. The Balaban J connectivity index is 1.91. The molecule has 0 fully saturated rings. The van der Waals surface area contributed by atoms with Crippen molar-refractivity contribution in [3.63, 3.8) is 0 Å². The lowest BCUT2D eigenvalue weighted by molar-refractivity contribution is 0.747. The van der Waals surface area contributed by atoms with E-state index in [0.29, 0.717) is 6.54 Å². The Bertz CT molecular complexity index is 718. The highest BCUT2D eigenvalue weighted by Crippen LogP contribution is 2.27. The van der Waals surface area contributed by atoms with Gasteiger partial charge in [-0.05, 0) is 18.2 Å². The highest BCUT2D eigenvalue weighted by Gasteiger charge is 2.05. The molecule has 1 aromatic carbocycles. The minimum atomic E-state index is 0.572. The lowest BCUT2D eigenvalue weighted by Crippen LogP contribution is -2.03. The molecule has 2 aromatic heterocycles. The van der Waals surface area contributed by atoms with Gasteiger partial charge in [-0.1, -0.05) is 0 Å². The minimum Gasteiger partial charge on any atom is -0.398 e. The van der Waals surface area contributed by atoms with Crippen molar-refractivity contribution in [2.75, 3.05) is 11.1 Å². The van der Waals surface area contributed by atoms with Crippen molar-refractivity contribution in [2.45, 2.75) is 6.54 Å². The van der Waals surface area contributed by atoms with Gasteiger partial charge in [0.1, 0.15) is 6.33 Å². The molecule has 0 radical (unpaired) electrons. The topological polar surface area (TPSA) is 81.7 Å². The van der Waals surface area contributed by atoms with Crippen molar-refractivity contribution < 1.29 is 0 Å². The Kier molecular flexibility index (Phi) is 2.75. The lowest BCUT2D eigenvalue weighted by Gasteiger charge is -2.09. The van der Waals surface area contributed by atoms with E-state index in [2.05, 4.69) is 20.4 Å². The van der Waals surface area contributed by atoms with Crippen LogP contribution < -0.4 is 11.1 Å². The van der Waals surface area contributed by atoms with Crippen molar-refractivity contribution in [1.29, 1.82) is 0 Å². The minimum absolute atomic E-state index is 0.572. The molecule has 2 heterocycles. The van der Waals surface area contributed by atoms with Gasteiger partial charge in [0.15, 0.2) is 5.82 Å². The molecule has 3 aromatic rings. The molecule has 0 saturated carbocycles. The van der Waals surface area contributed by atoms with Crippen LogP contribution in [0.5, 0.6) is 0 Å². The fraction of sp³-hybridized carbons (Fsp3) is 0.154. The van der Waals surface area contributed by atoms with Crippen molar-refractivity contribution in [1.82, 2.24) is 19.7 Å². The smallest absolute Gasteiger partial charge is 0.169 e. The van der Waals surface area contributed by atoms with Crippen molar-refractivity contribution in [3.8, 4) is 0 Å². The molecular weight excluding hydrogens is 240 g/mol. The van der Waals surface area contributed by atoms with Crippen LogP contribution in [0, 0.1) is 0 Å². The number of anilines is 2. The van der Waals surface area contributed by atoms with Gasteiger partial charge in [-0.2, -0.15) is 5.10 Å². The van der Waals surface area contributed by atoms with E-state index >= 15 is 0 Å². The summed E-state index contributed by atoms with van der Waals surface area (Å²) in [6.07, 6.45) is 5.21. The van der Waals surface area contributed by atoms with E-state index in [9.17, 15) is 0 Å². The highest BCUT2D eigenvalue weighted by molar-refractivity contribution is 6.00. The molecular formula is C13H14N6. The van der Waals surface area contributed by atoms with E-state index < -0.39 is 0 Å². The first-order valence-corrected chi connectivity index (χ1v) is 5.94. The average molecular weight is 254 g/mol. The standard InChI is InChI=1S/C13H14N6/c1-19-8-17-13(18-19)7-16-12-3-2-11(14)10-6-15-5-4-9(10)12/h2-6,8,16H,7,14H2,1H3. The summed E-state index contributed by atoms with van der Waals surface area (Å²) in [4.78, 5) is 8.28. The zero-order valence-electron chi connectivity index (χ0n) is 10.5. The number of hydrogen-bond acceptors (Lipinski definition) is 5. The van der Waals surface area contributed by atoms with Crippen molar-refractivity contribution in [3.05, 3.63) is 42.7 Å². The Morgan fingerprint density at radius 2 is 2.16 bits per heavy atom. The zero-order valence-corrected chi connectivity index (χ0v) is 10.5. The van der Waals surface area contributed by atoms with Gasteiger partial charge in [0.25, 0.3) is 0 Å². The highest BCUT2D eigenvalue weighted by atomic mass is 15.3. The van der Waals surface area contributed by atoms with Crippen LogP contribution in [-0.2, 0) is 13.6 Å². The number of nitrogen functional groups attached to an aromatic ring is 1. The number of fused-ring (bicyclic) bond motifs is 1. The lowest BCUT2D eigenvalue weighted by atomic mass is 10.1. The second-order valence-electron chi connectivity index (χ2n) is 4.31. The van der Waals surface area contributed by atoms with Crippen LogP contribution in [0.15, 0.2) is 36.9 Å². The zero-order chi connectivity index (χ0) is 13.2. The fourth-order valence-electron chi connectivity index (χ4n) is 2.01. The SMILES string of the molecule is Cn1cnc(CNc2ccc(N)c3cnccc23)n1. The second-order valence-corrected chi connectivity index (χ2v) is 4.31. The van der Waals surface area contributed by atoms with Crippen LogP contribution in [0.4, 0.5) is 11.4 Å². The summed E-state index contributed by atoms with van der Waals surface area (Å²) < 4.78 is 1.68. The number of rotatable bonds is 3. The Hall–Kier alpha value is -2.63. The van der Waals surface area contributed by atoms with E-state index in [0.717, 1.165) is 28.0 Å². The van der Waals surface area contributed by atoms with Gasteiger partial charge in [0.2, 0.25) is 0 Å². The molecule has 0 bridgehead atoms. The third-order valence-electron chi connectivity index (χ3n) is 2.94. The first-order chi connectivity index (χ1) is 9.24. The quantitative estimate of drug-likeness (QED) is 0.693. The molecule has 3 N–H and O–H groups in total. The van der Waals surface area contributed by atoms with Crippen molar-refractivity contribution >= 4 is 22.1 Å². The number of nitrogens with two attached hydrogens (primary N) is 1. The predicted octanol–water partition coefficient (Wildman–Crippen LogP) is 1.56. The summed E-state index contributed by atoms with van der Waals surface area (Å²) in [6, 6.07) is 5.78. The summed E-state index contributed by atoms with van der Waals surface area (Å²) >= 11 is 0. The largest absolute Gasteiger partial charge is 0.398 e. The maximum Gasteiger partial charge on any atom is 0.169 e. The van der Waals surface area contributed by atoms with Crippen LogP contribution >= 0.6 is 0 Å². The number of hydrogen-bond donors (Lipinski definition) is 2. The van der Waals surface area contributed by atoms with E-state index in [-0.39, 0.29) is 0 Å². The van der Waals surface area contributed by atoms with Gasteiger partial charge in [-0.25, -0.2) is 4.98 Å². The van der Waals surface area contributed by atoms with Crippen LogP contribution in [0.25, 0.3) is 10.8 Å². The van der Waals surface area contributed by atoms with Gasteiger partial charge < -0.3 is 11.1 Å². The third kappa shape index (κ3) is 2.20. The third-order valence-corrected chi connectivity index (χ3v) is 2.94. The van der Waals surface area contributed by atoms with Gasteiger partial charge >= 0.3 is 0 Å². The van der Waals surface area contributed by atoms with Gasteiger partial charge in [0.05, 0.1) is 6.54 Å². The number of benzene rings is 1. The van der Waals surface area contributed by atoms with Crippen LogP contribution in [-0.4, -0.2) is 19.7 Å². The molecule has 0 aliphatic rings. The summed E-state index contributed by atoms with van der Waals surface area (Å²) in [5.74, 6) is 0.751. The van der Waals surface area contributed by atoms with E-state index in [4.69, 9.17) is 5.73 Å².